The minimum atomic E-state index is -0.232. The largest absolute Gasteiger partial charge is 0.495 e. The molecule has 2 unspecified atom stereocenters. The van der Waals surface area contributed by atoms with E-state index in [1.165, 1.54) is 0 Å². The van der Waals surface area contributed by atoms with Gasteiger partial charge < -0.3 is 15.8 Å². The third kappa shape index (κ3) is 3.71. The average Bonchev–Trinajstić information content (AvgIpc) is 2.30. The summed E-state index contributed by atoms with van der Waals surface area (Å²) in [5.41, 5.74) is 6.37. The van der Waals surface area contributed by atoms with Gasteiger partial charge in [-0.2, -0.15) is 0 Å². The maximum absolute atomic E-state index is 11.8. The molecule has 0 aliphatic carbocycles. The summed E-state index contributed by atoms with van der Waals surface area (Å²) in [5.74, 6) is 0.352. The molecule has 0 fully saturated rings. The number of halogens is 1. The summed E-state index contributed by atoms with van der Waals surface area (Å²) < 4.78 is 6.00. The van der Waals surface area contributed by atoms with E-state index in [1.807, 2.05) is 13.0 Å². The normalized spacial score (nSPS) is 13.9. The fourth-order valence-corrected chi connectivity index (χ4v) is 1.64. The zero-order chi connectivity index (χ0) is 13.0. The number of anilines is 1. The van der Waals surface area contributed by atoms with E-state index in [4.69, 9.17) is 10.5 Å². The molecule has 0 heterocycles. The van der Waals surface area contributed by atoms with Crippen LogP contribution in [0.1, 0.15) is 13.8 Å². The minimum absolute atomic E-state index is 0.0932. The summed E-state index contributed by atoms with van der Waals surface area (Å²) in [5, 5.41) is 2.81. The van der Waals surface area contributed by atoms with Gasteiger partial charge in [-0.15, -0.1) is 0 Å². The molecule has 3 N–H and O–H groups in total. The molecule has 4 nitrogen and oxygen atoms in total. The fraction of sp³-hybridized carbons (Fsp3) is 0.417. The van der Waals surface area contributed by atoms with Gasteiger partial charge in [-0.1, -0.05) is 6.92 Å². The topological polar surface area (TPSA) is 64.3 Å². The van der Waals surface area contributed by atoms with Crippen LogP contribution in [0.4, 0.5) is 5.69 Å². The number of amides is 1. The molecule has 0 saturated carbocycles. The highest BCUT2D eigenvalue weighted by Gasteiger charge is 2.17. The maximum atomic E-state index is 11.8. The highest BCUT2D eigenvalue weighted by Crippen LogP contribution is 2.28. The number of hydrogen-bond donors (Lipinski definition) is 2. The minimum Gasteiger partial charge on any atom is -0.495 e. The monoisotopic (exact) mass is 300 g/mol. The lowest BCUT2D eigenvalue weighted by Crippen LogP contribution is -2.34. The van der Waals surface area contributed by atoms with Gasteiger partial charge in [-0.05, 0) is 35.0 Å². The number of hydrogen-bond acceptors (Lipinski definition) is 3. The van der Waals surface area contributed by atoms with Gasteiger partial charge in [0.15, 0.2) is 0 Å². The molecule has 0 aliphatic rings. The van der Waals surface area contributed by atoms with Crippen LogP contribution < -0.4 is 15.8 Å². The molecular formula is C12H17BrN2O2. The molecule has 0 radical (unpaired) electrons. The summed E-state index contributed by atoms with van der Waals surface area (Å²) in [4.78, 5) is 11.8. The van der Waals surface area contributed by atoms with Crippen LogP contribution in [0.15, 0.2) is 22.7 Å². The van der Waals surface area contributed by atoms with Crippen molar-refractivity contribution in [1.82, 2.24) is 0 Å². The third-order valence-electron chi connectivity index (χ3n) is 2.62. The van der Waals surface area contributed by atoms with Gasteiger partial charge in [0.05, 0.1) is 17.5 Å². The number of methoxy groups -OCH3 is 1. The Morgan fingerprint density at radius 3 is 2.65 bits per heavy atom. The maximum Gasteiger partial charge on any atom is 0.228 e. The average molecular weight is 301 g/mol. The van der Waals surface area contributed by atoms with Crippen LogP contribution in [0.5, 0.6) is 5.75 Å². The van der Waals surface area contributed by atoms with Crippen molar-refractivity contribution in [3.63, 3.8) is 0 Å². The SMILES string of the molecule is COc1cc(NC(=O)C(C)C(C)N)ccc1Br. The molecule has 0 aliphatic heterocycles. The smallest absolute Gasteiger partial charge is 0.228 e. The van der Waals surface area contributed by atoms with Gasteiger partial charge in [-0.25, -0.2) is 0 Å². The Morgan fingerprint density at radius 2 is 2.12 bits per heavy atom. The number of carbonyl (C=O) groups is 1. The van der Waals surface area contributed by atoms with Crippen molar-refractivity contribution in [3.05, 3.63) is 22.7 Å². The predicted molar refractivity (Wildman–Crippen MR) is 72.1 cm³/mol. The van der Waals surface area contributed by atoms with Crippen molar-refractivity contribution in [2.24, 2.45) is 11.7 Å². The summed E-state index contributed by atoms with van der Waals surface area (Å²) in [6.07, 6.45) is 0. The lowest BCUT2D eigenvalue weighted by Gasteiger charge is -2.15. The van der Waals surface area contributed by atoms with Crippen LogP contribution in [-0.4, -0.2) is 19.1 Å². The Morgan fingerprint density at radius 1 is 1.47 bits per heavy atom. The molecule has 0 spiro atoms. The molecule has 94 valence electrons. The number of rotatable bonds is 4. The molecule has 1 aromatic rings. The van der Waals surface area contributed by atoms with Crippen molar-refractivity contribution in [2.45, 2.75) is 19.9 Å². The Labute approximate surface area is 110 Å². The lowest BCUT2D eigenvalue weighted by molar-refractivity contribution is -0.119. The van der Waals surface area contributed by atoms with Gasteiger partial charge in [0.1, 0.15) is 5.75 Å². The van der Waals surface area contributed by atoms with E-state index >= 15 is 0 Å². The van der Waals surface area contributed by atoms with E-state index in [-0.39, 0.29) is 17.9 Å². The second-order valence-electron chi connectivity index (χ2n) is 3.99. The van der Waals surface area contributed by atoms with Gasteiger partial charge in [0.2, 0.25) is 5.91 Å². The standard InChI is InChI=1S/C12H17BrN2O2/c1-7(8(2)14)12(16)15-9-4-5-10(13)11(6-9)17-3/h4-8H,14H2,1-3H3,(H,15,16). The van der Waals surface area contributed by atoms with E-state index < -0.39 is 0 Å². The van der Waals surface area contributed by atoms with Crippen LogP contribution in [0.2, 0.25) is 0 Å². The first-order chi connectivity index (χ1) is 7.95. The zero-order valence-electron chi connectivity index (χ0n) is 10.2. The molecule has 17 heavy (non-hydrogen) atoms. The summed E-state index contributed by atoms with van der Waals surface area (Å²) >= 11 is 3.35. The Kier molecular flexibility index (Phi) is 4.96. The van der Waals surface area contributed by atoms with E-state index in [0.717, 1.165) is 4.47 Å². The van der Waals surface area contributed by atoms with Crippen LogP contribution in [-0.2, 0) is 4.79 Å². The molecule has 2 atom stereocenters. The number of ether oxygens (including phenoxy) is 1. The Hall–Kier alpha value is -1.07. The first-order valence-corrected chi connectivity index (χ1v) is 6.15. The van der Waals surface area contributed by atoms with Crippen LogP contribution in [0.3, 0.4) is 0 Å². The molecule has 1 amide bonds. The Bertz CT molecular complexity index is 407. The van der Waals surface area contributed by atoms with E-state index in [0.29, 0.717) is 11.4 Å². The highest BCUT2D eigenvalue weighted by atomic mass is 79.9. The molecule has 0 aromatic heterocycles. The molecule has 0 bridgehead atoms. The zero-order valence-corrected chi connectivity index (χ0v) is 11.7. The molecule has 1 aromatic carbocycles. The molecule has 5 heteroatoms. The first-order valence-electron chi connectivity index (χ1n) is 5.35. The summed E-state index contributed by atoms with van der Waals surface area (Å²) in [7, 11) is 1.58. The molecule has 1 rings (SSSR count). The molecule has 0 saturated heterocycles. The lowest BCUT2D eigenvalue weighted by atomic mass is 10.0. The second-order valence-corrected chi connectivity index (χ2v) is 4.84. The van der Waals surface area contributed by atoms with E-state index in [9.17, 15) is 4.79 Å². The van der Waals surface area contributed by atoms with Crippen molar-refractivity contribution in [1.29, 1.82) is 0 Å². The predicted octanol–water partition coefficient (Wildman–Crippen LogP) is 2.38. The van der Waals surface area contributed by atoms with Gasteiger partial charge >= 0.3 is 0 Å². The highest BCUT2D eigenvalue weighted by molar-refractivity contribution is 9.10. The van der Waals surface area contributed by atoms with Crippen LogP contribution >= 0.6 is 15.9 Å². The number of benzene rings is 1. The van der Waals surface area contributed by atoms with Gasteiger partial charge in [-0.3, -0.25) is 4.79 Å². The summed E-state index contributed by atoms with van der Waals surface area (Å²) in [6, 6.07) is 5.21. The first kappa shape index (κ1) is 14.0. The second kappa shape index (κ2) is 6.02. The molecular weight excluding hydrogens is 284 g/mol. The van der Waals surface area contributed by atoms with Gasteiger partial charge in [0.25, 0.3) is 0 Å². The fourth-order valence-electron chi connectivity index (χ4n) is 1.23. The third-order valence-corrected chi connectivity index (χ3v) is 3.28. The number of nitrogens with two attached hydrogens (primary N) is 1. The van der Waals surface area contributed by atoms with Crippen LogP contribution in [0, 0.1) is 5.92 Å². The van der Waals surface area contributed by atoms with Crippen molar-refractivity contribution < 1.29 is 9.53 Å². The van der Waals surface area contributed by atoms with E-state index in [1.54, 1.807) is 26.2 Å². The van der Waals surface area contributed by atoms with E-state index in [2.05, 4.69) is 21.2 Å². The van der Waals surface area contributed by atoms with Crippen molar-refractivity contribution >= 4 is 27.5 Å². The Balaban J connectivity index is 2.78. The quantitative estimate of drug-likeness (QED) is 0.897. The van der Waals surface area contributed by atoms with Crippen molar-refractivity contribution in [3.8, 4) is 5.75 Å². The van der Waals surface area contributed by atoms with Gasteiger partial charge in [0, 0.05) is 17.8 Å². The summed E-state index contributed by atoms with van der Waals surface area (Å²) in [6.45, 7) is 3.61. The number of nitrogens with one attached hydrogen (secondary N) is 1. The number of carbonyl (C=O) groups excluding carboxylic acids is 1. The van der Waals surface area contributed by atoms with Crippen LogP contribution in [0.25, 0.3) is 0 Å². The van der Waals surface area contributed by atoms with Crippen molar-refractivity contribution in [2.75, 3.05) is 12.4 Å².